The molecule has 0 bridgehead atoms. The Morgan fingerprint density at radius 3 is 2.58 bits per heavy atom. The monoisotopic (exact) mass is 439 g/mol. The lowest BCUT2D eigenvalue weighted by atomic mass is 9.79. The van der Waals surface area contributed by atoms with E-state index in [2.05, 4.69) is 10.3 Å². The molecule has 0 saturated carbocycles. The van der Waals surface area contributed by atoms with E-state index < -0.39 is 12.0 Å². The van der Waals surface area contributed by atoms with Gasteiger partial charge in [-0.2, -0.15) is 0 Å². The first-order valence-electron chi connectivity index (χ1n) is 11.0. The molecule has 4 aromatic rings. The molecule has 33 heavy (non-hydrogen) atoms. The fourth-order valence-electron chi connectivity index (χ4n) is 4.75. The second kappa shape index (κ2) is 8.47. The number of aromatic nitrogens is 1. The van der Waals surface area contributed by atoms with Gasteiger partial charge in [0.2, 0.25) is 5.91 Å². The SMILES string of the molecule is CCOc1ccccc1NC(=O)[C@H]1c2ccccc2C(=O)N(C)[C@H]1c1c[nH]c2ccccc12. The summed E-state index contributed by atoms with van der Waals surface area (Å²) in [4.78, 5) is 32.1. The summed E-state index contributed by atoms with van der Waals surface area (Å²) >= 11 is 0. The third kappa shape index (κ3) is 3.53. The van der Waals surface area contributed by atoms with Gasteiger partial charge in [0.05, 0.1) is 24.3 Å². The highest BCUT2D eigenvalue weighted by Crippen LogP contribution is 2.44. The first-order valence-corrected chi connectivity index (χ1v) is 11.0. The molecule has 0 aliphatic carbocycles. The van der Waals surface area contributed by atoms with Crippen molar-refractivity contribution >= 4 is 28.4 Å². The van der Waals surface area contributed by atoms with Gasteiger partial charge in [-0.3, -0.25) is 9.59 Å². The molecule has 6 nitrogen and oxygen atoms in total. The lowest BCUT2D eigenvalue weighted by Gasteiger charge is -2.39. The van der Waals surface area contributed by atoms with Crippen LogP contribution in [0.15, 0.2) is 79.0 Å². The fraction of sp³-hybridized carbons (Fsp3) is 0.185. The number of ether oxygens (including phenoxy) is 1. The van der Waals surface area contributed by atoms with Gasteiger partial charge in [0, 0.05) is 35.3 Å². The minimum Gasteiger partial charge on any atom is -0.492 e. The van der Waals surface area contributed by atoms with E-state index in [9.17, 15) is 9.59 Å². The zero-order chi connectivity index (χ0) is 22.9. The molecule has 0 fully saturated rings. The highest BCUT2D eigenvalue weighted by Gasteiger charge is 2.43. The predicted octanol–water partition coefficient (Wildman–Crippen LogP) is 5.12. The molecule has 1 aliphatic heterocycles. The van der Waals surface area contributed by atoms with Crippen LogP contribution in [-0.4, -0.2) is 35.4 Å². The summed E-state index contributed by atoms with van der Waals surface area (Å²) in [5.74, 6) is -0.271. The lowest BCUT2D eigenvalue weighted by Crippen LogP contribution is -2.44. The zero-order valence-electron chi connectivity index (χ0n) is 18.5. The van der Waals surface area contributed by atoms with Crippen molar-refractivity contribution in [2.75, 3.05) is 19.0 Å². The minimum atomic E-state index is -0.599. The number of rotatable bonds is 5. The number of carbonyl (C=O) groups is 2. The molecule has 2 amide bonds. The summed E-state index contributed by atoms with van der Waals surface area (Å²) in [5, 5.41) is 4.06. The van der Waals surface area contributed by atoms with Crippen molar-refractivity contribution in [1.82, 2.24) is 9.88 Å². The highest BCUT2D eigenvalue weighted by molar-refractivity contribution is 6.05. The van der Waals surface area contributed by atoms with Gasteiger partial charge < -0.3 is 19.9 Å². The number of nitrogens with zero attached hydrogens (tertiary/aromatic N) is 1. The summed E-state index contributed by atoms with van der Waals surface area (Å²) in [6.45, 7) is 2.40. The molecule has 0 spiro atoms. The zero-order valence-corrected chi connectivity index (χ0v) is 18.5. The van der Waals surface area contributed by atoms with Crippen LogP contribution in [0.2, 0.25) is 0 Å². The number of para-hydroxylation sites is 3. The largest absolute Gasteiger partial charge is 0.492 e. The third-order valence-corrected chi connectivity index (χ3v) is 6.25. The Morgan fingerprint density at radius 2 is 1.73 bits per heavy atom. The van der Waals surface area contributed by atoms with Gasteiger partial charge in [0.25, 0.3) is 5.91 Å². The van der Waals surface area contributed by atoms with Crippen LogP contribution in [0.3, 0.4) is 0 Å². The molecule has 166 valence electrons. The molecular formula is C27H25N3O3. The molecular weight excluding hydrogens is 414 g/mol. The molecule has 1 aliphatic rings. The molecule has 0 radical (unpaired) electrons. The number of carbonyl (C=O) groups excluding carboxylic acids is 2. The summed E-state index contributed by atoms with van der Waals surface area (Å²) in [7, 11) is 1.76. The van der Waals surface area contributed by atoms with Gasteiger partial charge >= 0.3 is 0 Å². The summed E-state index contributed by atoms with van der Waals surface area (Å²) in [6, 6.07) is 22.2. The van der Waals surface area contributed by atoms with Crippen molar-refractivity contribution in [3.05, 3.63) is 95.7 Å². The number of likely N-dealkylation sites (N-methyl/N-ethyl adjacent to an activating group) is 1. The van der Waals surface area contributed by atoms with E-state index in [1.807, 2.05) is 79.9 Å². The number of fused-ring (bicyclic) bond motifs is 2. The predicted molar refractivity (Wildman–Crippen MR) is 129 cm³/mol. The van der Waals surface area contributed by atoms with Crippen LogP contribution in [-0.2, 0) is 4.79 Å². The number of H-pyrrole nitrogens is 1. The number of hydrogen-bond acceptors (Lipinski definition) is 3. The highest BCUT2D eigenvalue weighted by atomic mass is 16.5. The van der Waals surface area contributed by atoms with Crippen LogP contribution < -0.4 is 10.1 Å². The smallest absolute Gasteiger partial charge is 0.254 e. The Labute approximate surface area is 192 Å². The van der Waals surface area contributed by atoms with E-state index in [1.165, 1.54) is 0 Å². The van der Waals surface area contributed by atoms with Crippen LogP contribution in [0.1, 0.15) is 40.4 Å². The third-order valence-electron chi connectivity index (χ3n) is 6.25. The van der Waals surface area contributed by atoms with Gasteiger partial charge in [-0.05, 0) is 36.8 Å². The maximum absolute atomic E-state index is 13.9. The molecule has 0 unspecified atom stereocenters. The first-order chi connectivity index (χ1) is 16.1. The summed E-state index contributed by atoms with van der Waals surface area (Å²) < 4.78 is 5.71. The van der Waals surface area contributed by atoms with Gasteiger partial charge in [0.1, 0.15) is 5.75 Å². The van der Waals surface area contributed by atoms with E-state index >= 15 is 0 Å². The Morgan fingerprint density at radius 1 is 1.00 bits per heavy atom. The van der Waals surface area contributed by atoms with Crippen LogP contribution in [0.25, 0.3) is 10.9 Å². The first kappa shape index (κ1) is 20.8. The van der Waals surface area contributed by atoms with Crippen LogP contribution >= 0.6 is 0 Å². The van der Waals surface area contributed by atoms with Gasteiger partial charge in [-0.25, -0.2) is 0 Å². The summed E-state index contributed by atoms with van der Waals surface area (Å²) in [5.41, 5.74) is 3.76. The summed E-state index contributed by atoms with van der Waals surface area (Å²) in [6.07, 6.45) is 1.90. The number of amides is 2. The topological polar surface area (TPSA) is 74.4 Å². The molecule has 0 saturated heterocycles. The Balaban J connectivity index is 1.63. The molecule has 2 N–H and O–H groups in total. The Hall–Kier alpha value is -4.06. The van der Waals surface area contributed by atoms with E-state index in [4.69, 9.17) is 4.74 Å². The molecule has 6 heteroatoms. The number of anilines is 1. The number of hydrogen-bond donors (Lipinski definition) is 2. The Bertz CT molecular complexity index is 1340. The molecule has 2 atom stereocenters. The second-order valence-electron chi connectivity index (χ2n) is 8.13. The average molecular weight is 440 g/mol. The van der Waals surface area contributed by atoms with Gasteiger partial charge in [0.15, 0.2) is 0 Å². The molecule has 2 heterocycles. The van der Waals surface area contributed by atoms with Crippen molar-refractivity contribution in [3.63, 3.8) is 0 Å². The van der Waals surface area contributed by atoms with Crippen molar-refractivity contribution in [2.24, 2.45) is 0 Å². The van der Waals surface area contributed by atoms with Crippen molar-refractivity contribution in [2.45, 2.75) is 18.9 Å². The van der Waals surface area contributed by atoms with Crippen LogP contribution in [0.5, 0.6) is 5.75 Å². The maximum atomic E-state index is 13.9. The molecule has 3 aromatic carbocycles. The minimum absolute atomic E-state index is 0.0975. The van der Waals surface area contributed by atoms with E-state index in [0.29, 0.717) is 23.6 Å². The van der Waals surface area contributed by atoms with E-state index in [-0.39, 0.29) is 11.8 Å². The van der Waals surface area contributed by atoms with Gasteiger partial charge in [-0.1, -0.05) is 48.5 Å². The lowest BCUT2D eigenvalue weighted by molar-refractivity contribution is -0.119. The second-order valence-corrected chi connectivity index (χ2v) is 8.13. The molecule has 1 aromatic heterocycles. The fourth-order valence-corrected chi connectivity index (χ4v) is 4.75. The quantitative estimate of drug-likeness (QED) is 0.453. The van der Waals surface area contributed by atoms with Crippen molar-refractivity contribution in [3.8, 4) is 5.75 Å². The maximum Gasteiger partial charge on any atom is 0.254 e. The number of aromatic amines is 1. The average Bonchev–Trinajstić information content (AvgIpc) is 3.26. The van der Waals surface area contributed by atoms with Crippen LogP contribution in [0.4, 0.5) is 5.69 Å². The van der Waals surface area contributed by atoms with Crippen molar-refractivity contribution in [1.29, 1.82) is 0 Å². The molecule has 5 rings (SSSR count). The van der Waals surface area contributed by atoms with E-state index in [1.54, 1.807) is 18.0 Å². The van der Waals surface area contributed by atoms with E-state index in [0.717, 1.165) is 22.0 Å². The van der Waals surface area contributed by atoms with Gasteiger partial charge in [-0.15, -0.1) is 0 Å². The number of benzene rings is 3. The standard InChI is InChI=1S/C27H25N3O3/c1-3-33-23-15-9-8-14-22(23)29-26(31)24-18-11-4-5-12-19(18)27(32)30(2)25(24)20-16-28-21-13-7-6-10-17(20)21/h4-16,24-25,28H,3H2,1-2H3,(H,29,31)/t24-,25-/m0/s1. The number of nitrogens with one attached hydrogen (secondary N) is 2. The normalized spacial score (nSPS) is 17.6. The van der Waals surface area contributed by atoms with Crippen molar-refractivity contribution < 1.29 is 14.3 Å². The Kier molecular flexibility index (Phi) is 5.34. The van der Waals surface area contributed by atoms with Crippen LogP contribution in [0, 0.1) is 0 Å².